The zero-order valence-corrected chi connectivity index (χ0v) is 14.6. The number of methoxy groups -OCH3 is 1. The molecule has 3 aromatic rings. The molecule has 26 heavy (non-hydrogen) atoms. The summed E-state index contributed by atoms with van der Waals surface area (Å²) in [4.78, 5) is 15.3. The molecule has 0 fully saturated rings. The van der Waals surface area contributed by atoms with Gasteiger partial charge in [-0.1, -0.05) is 6.07 Å². The Balaban J connectivity index is 2.00. The Morgan fingerprint density at radius 1 is 1.12 bits per heavy atom. The summed E-state index contributed by atoms with van der Waals surface area (Å²) in [6.45, 7) is 0. The van der Waals surface area contributed by atoms with Gasteiger partial charge >= 0.3 is 5.97 Å². The van der Waals surface area contributed by atoms with Crippen molar-refractivity contribution < 1.29 is 22.8 Å². The molecule has 2 N–H and O–H groups in total. The summed E-state index contributed by atoms with van der Waals surface area (Å²) < 4.78 is 32.0. The summed E-state index contributed by atoms with van der Waals surface area (Å²) in [5.74, 6) is 4.67. The number of nitrogens with two attached hydrogens (primary N) is 1. The van der Waals surface area contributed by atoms with Gasteiger partial charge in [-0.3, -0.25) is 0 Å². The van der Waals surface area contributed by atoms with Gasteiger partial charge in [-0.25, -0.2) is 17.2 Å². The second-order valence-electron chi connectivity index (χ2n) is 5.38. The Bertz CT molecular complexity index is 1080. The van der Waals surface area contributed by atoms with Crippen molar-refractivity contribution >= 4 is 33.0 Å². The Morgan fingerprint density at radius 2 is 1.85 bits per heavy atom. The molecule has 0 saturated carbocycles. The molecule has 2 aromatic carbocycles. The van der Waals surface area contributed by atoms with Crippen molar-refractivity contribution in [2.75, 3.05) is 7.11 Å². The number of aromatic nitrogens is 1. The lowest BCUT2D eigenvalue weighted by atomic mass is 10.1. The molecule has 134 valence electrons. The summed E-state index contributed by atoms with van der Waals surface area (Å²) in [7, 11) is -2.22. The number of hydrogen-bond acceptors (Lipinski definition) is 6. The third-order valence-electron chi connectivity index (χ3n) is 3.82. The average molecular weight is 372 g/mol. The largest absolute Gasteiger partial charge is 0.497 e. The van der Waals surface area contributed by atoms with Crippen LogP contribution in [0.4, 0.5) is 0 Å². The van der Waals surface area contributed by atoms with Crippen LogP contribution in [0.2, 0.25) is 0 Å². The van der Waals surface area contributed by atoms with Gasteiger partial charge in [0.25, 0.3) is 10.0 Å². The monoisotopic (exact) mass is 372 g/mol. The van der Waals surface area contributed by atoms with Gasteiger partial charge in [-0.15, -0.1) is 0 Å². The van der Waals surface area contributed by atoms with E-state index < -0.39 is 16.0 Å². The molecule has 0 amide bonds. The highest BCUT2D eigenvalue weighted by Crippen LogP contribution is 2.24. The van der Waals surface area contributed by atoms with E-state index in [0.717, 1.165) is 0 Å². The Hall–Kier alpha value is -3.10. The molecule has 0 aliphatic carbocycles. The molecule has 0 aliphatic rings. The lowest BCUT2D eigenvalue weighted by Crippen LogP contribution is -2.11. The number of nitrogens with zero attached hydrogens (tertiary/aromatic N) is 1. The van der Waals surface area contributed by atoms with Gasteiger partial charge in [0.2, 0.25) is 0 Å². The van der Waals surface area contributed by atoms with E-state index in [2.05, 4.69) is 4.84 Å². The maximum atomic E-state index is 12.9. The Morgan fingerprint density at radius 3 is 2.50 bits per heavy atom. The zero-order valence-electron chi connectivity index (χ0n) is 13.8. The van der Waals surface area contributed by atoms with Crippen LogP contribution in [0.25, 0.3) is 17.0 Å². The fourth-order valence-corrected chi connectivity index (χ4v) is 3.87. The minimum atomic E-state index is -3.74. The van der Waals surface area contributed by atoms with E-state index in [1.807, 2.05) is 0 Å². The molecule has 0 spiro atoms. The van der Waals surface area contributed by atoms with E-state index in [0.29, 0.717) is 22.2 Å². The first-order valence-electron chi connectivity index (χ1n) is 7.55. The third-order valence-corrected chi connectivity index (χ3v) is 5.53. The zero-order chi connectivity index (χ0) is 18.7. The molecule has 3 rings (SSSR count). The molecule has 0 radical (unpaired) electrons. The van der Waals surface area contributed by atoms with Crippen LogP contribution in [0.1, 0.15) is 5.56 Å². The Kier molecular flexibility index (Phi) is 4.79. The van der Waals surface area contributed by atoms with Crippen LogP contribution in [0, 0.1) is 0 Å². The fourth-order valence-electron chi connectivity index (χ4n) is 2.51. The number of carbonyl (C=O) groups is 1. The van der Waals surface area contributed by atoms with Crippen molar-refractivity contribution in [3.63, 3.8) is 0 Å². The first-order chi connectivity index (χ1) is 12.5. The van der Waals surface area contributed by atoms with Crippen LogP contribution < -0.4 is 10.6 Å². The minimum absolute atomic E-state index is 0.158. The van der Waals surface area contributed by atoms with Crippen LogP contribution in [0.3, 0.4) is 0 Å². The van der Waals surface area contributed by atoms with Gasteiger partial charge in [0, 0.05) is 17.7 Å². The standard InChI is InChI=1S/C18H16N2O5S/c1-24-15-4-6-16(7-5-15)26(22,23)20-11-10-14-12-13(2-8-17(14)20)3-9-18(21)25-19/h2-12H,19H2,1H3/b9-3+. The van der Waals surface area contributed by atoms with E-state index in [-0.39, 0.29) is 4.90 Å². The number of hydrogen-bond donors (Lipinski definition) is 1. The van der Waals surface area contributed by atoms with Crippen LogP contribution in [0.15, 0.2) is 65.7 Å². The summed E-state index contributed by atoms with van der Waals surface area (Å²) in [6.07, 6.45) is 4.21. The minimum Gasteiger partial charge on any atom is -0.497 e. The van der Waals surface area contributed by atoms with Crippen molar-refractivity contribution in [3.8, 4) is 5.75 Å². The predicted octanol–water partition coefficient (Wildman–Crippen LogP) is 2.32. The van der Waals surface area contributed by atoms with Crippen molar-refractivity contribution in [1.29, 1.82) is 0 Å². The smallest absolute Gasteiger partial charge is 0.349 e. The SMILES string of the molecule is COc1ccc(S(=O)(=O)n2ccc3cc(/C=C/C(=O)ON)ccc32)cc1. The van der Waals surface area contributed by atoms with Gasteiger partial charge in [0.15, 0.2) is 0 Å². The van der Waals surface area contributed by atoms with Crippen molar-refractivity contribution in [3.05, 3.63) is 66.4 Å². The second-order valence-corrected chi connectivity index (χ2v) is 7.20. The lowest BCUT2D eigenvalue weighted by molar-refractivity contribution is -0.138. The summed E-state index contributed by atoms with van der Waals surface area (Å²) in [5.41, 5.74) is 1.24. The highest BCUT2D eigenvalue weighted by atomic mass is 32.2. The van der Waals surface area contributed by atoms with Crippen LogP contribution in [-0.4, -0.2) is 25.5 Å². The third kappa shape index (κ3) is 3.32. The molecule has 0 bridgehead atoms. The highest BCUT2D eigenvalue weighted by molar-refractivity contribution is 7.90. The molecule has 0 atom stereocenters. The van der Waals surface area contributed by atoms with E-state index in [4.69, 9.17) is 10.6 Å². The van der Waals surface area contributed by atoms with Crippen molar-refractivity contribution in [2.45, 2.75) is 4.90 Å². The van der Waals surface area contributed by atoms with Crippen molar-refractivity contribution in [1.82, 2.24) is 3.97 Å². The number of rotatable bonds is 5. The normalized spacial score (nSPS) is 11.8. The maximum absolute atomic E-state index is 12.9. The number of fused-ring (bicyclic) bond motifs is 1. The molecule has 0 unspecified atom stereocenters. The average Bonchev–Trinajstić information content (AvgIpc) is 3.10. The van der Waals surface area contributed by atoms with E-state index in [9.17, 15) is 13.2 Å². The predicted molar refractivity (Wildman–Crippen MR) is 96.8 cm³/mol. The molecule has 7 nitrogen and oxygen atoms in total. The van der Waals surface area contributed by atoms with Crippen LogP contribution in [0.5, 0.6) is 5.75 Å². The van der Waals surface area contributed by atoms with Gasteiger partial charge in [-0.2, -0.15) is 5.90 Å². The van der Waals surface area contributed by atoms with Gasteiger partial charge in [0.1, 0.15) is 5.75 Å². The topological polar surface area (TPSA) is 101 Å². The first kappa shape index (κ1) is 17.7. The van der Waals surface area contributed by atoms with Gasteiger partial charge in [-0.05, 0) is 54.1 Å². The number of ether oxygens (including phenoxy) is 1. The fraction of sp³-hybridized carbons (Fsp3) is 0.0556. The molecule has 1 heterocycles. The Labute approximate surface area is 150 Å². The quantitative estimate of drug-likeness (QED) is 0.545. The maximum Gasteiger partial charge on any atom is 0.349 e. The molecule has 8 heteroatoms. The molecular weight excluding hydrogens is 356 g/mol. The molecular formula is C18H16N2O5S. The molecule has 0 saturated heterocycles. The van der Waals surface area contributed by atoms with Gasteiger partial charge in [0.05, 0.1) is 17.5 Å². The molecule has 1 aromatic heterocycles. The lowest BCUT2D eigenvalue weighted by Gasteiger charge is -2.08. The number of carbonyl (C=O) groups excluding carboxylic acids is 1. The van der Waals surface area contributed by atoms with Crippen LogP contribution in [-0.2, 0) is 19.7 Å². The first-order valence-corrected chi connectivity index (χ1v) is 8.99. The number of benzene rings is 2. The van der Waals surface area contributed by atoms with E-state index in [1.165, 1.54) is 41.6 Å². The second kappa shape index (κ2) is 7.03. The highest BCUT2D eigenvalue weighted by Gasteiger charge is 2.18. The summed E-state index contributed by atoms with van der Waals surface area (Å²) in [5, 5.41) is 0.713. The summed E-state index contributed by atoms with van der Waals surface area (Å²) >= 11 is 0. The van der Waals surface area contributed by atoms with E-state index in [1.54, 1.807) is 36.4 Å². The van der Waals surface area contributed by atoms with Crippen molar-refractivity contribution in [2.24, 2.45) is 5.90 Å². The molecule has 0 aliphatic heterocycles. The van der Waals surface area contributed by atoms with Gasteiger partial charge < -0.3 is 9.57 Å². The van der Waals surface area contributed by atoms with E-state index >= 15 is 0 Å². The van der Waals surface area contributed by atoms with Crippen LogP contribution >= 0.6 is 0 Å². The summed E-state index contributed by atoms with van der Waals surface area (Å²) in [6, 6.07) is 13.0.